The average molecular weight is 503 g/mol. The van der Waals surface area contributed by atoms with Gasteiger partial charge in [0.05, 0.1) is 23.4 Å². The minimum atomic E-state index is -3.84. The molecule has 34 heavy (non-hydrogen) atoms. The van der Waals surface area contributed by atoms with E-state index in [9.17, 15) is 17.8 Å². The molecule has 2 aromatic carbocycles. The summed E-state index contributed by atoms with van der Waals surface area (Å²) in [6.45, 7) is 5.44. The summed E-state index contributed by atoms with van der Waals surface area (Å²) >= 11 is 0. The molecule has 1 heterocycles. The second kappa shape index (κ2) is 10.5. The van der Waals surface area contributed by atoms with Crippen LogP contribution in [0.4, 0.5) is 11.5 Å². The molecule has 0 spiro atoms. The molecule has 0 radical (unpaired) electrons. The Hall–Kier alpha value is -3.07. The maximum atomic E-state index is 12.8. The Labute approximate surface area is 199 Å². The van der Waals surface area contributed by atoms with Crippen LogP contribution >= 0.6 is 7.37 Å². The molecule has 0 aliphatic rings. The number of nitrogen functional groups attached to an aromatic ring is 1. The molecule has 0 aliphatic carbocycles. The standard InChI is InChI=1S/C23H27N4O5PS/c1-4-32-33(29,5-2)15-34(30,31)19-12-10-18(11-13-19)26-23(28)21-22(24)25-14-20(27-21)17-8-6-16(3)7-9-17/h6-14H,4-5,15H2,1-3H3,(H2,24,25)(H,26,28)/t33-/m1/s1. The van der Waals surface area contributed by atoms with Crippen LogP contribution in [0.1, 0.15) is 29.9 Å². The first-order chi connectivity index (χ1) is 16.1. The number of sulfone groups is 1. The first kappa shape index (κ1) is 25.6. The molecular formula is C23H27N4O5PS. The Bertz CT molecular complexity index is 1330. The molecule has 180 valence electrons. The van der Waals surface area contributed by atoms with Crippen LogP contribution in [0.3, 0.4) is 0 Å². The molecular weight excluding hydrogens is 475 g/mol. The van der Waals surface area contributed by atoms with Gasteiger partial charge in [-0.3, -0.25) is 9.36 Å². The topological polar surface area (TPSA) is 141 Å². The normalized spacial score (nSPS) is 13.3. The van der Waals surface area contributed by atoms with Gasteiger partial charge in [0.2, 0.25) is 7.37 Å². The monoisotopic (exact) mass is 502 g/mol. The zero-order chi connectivity index (χ0) is 24.9. The van der Waals surface area contributed by atoms with Crippen LogP contribution in [-0.4, -0.2) is 42.6 Å². The van der Waals surface area contributed by atoms with Crippen LogP contribution in [0.5, 0.6) is 0 Å². The van der Waals surface area contributed by atoms with Gasteiger partial charge in [-0.2, -0.15) is 0 Å². The number of rotatable bonds is 9. The van der Waals surface area contributed by atoms with Crippen LogP contribution in [0.25, 0.3) is 11.3 Å². The van der Waals surface area contributed by atoms with Crippen molar-refractivity contribution in [3.05, 3.63) is 66.0 Å². The number of aromatic nitrogens is 2. The molecule has 9 nitrogen and oxygen atoms in total. The number of hydrogen-bond donors (Lipinski definition) is 2. The van der Waals surface area contributed by atoms with E-state index in [0.29, 0.717) is 11.4 Å². The maximum absolute atomic E-state index is 12.8. The zero-order valence-electron chi connectivity index (χ0n) is 19.2. The van der Waals surface area contributed by atoms with E-state index in [2.05, 4.69) is 15.3 Å². The van der Waals surface area contributed by atoms with Crippen molar-refractivity contribution >= 4 is 34.6 Å². The zero-order valence-corrected chi connectivity index (χ0v) is 20.9. The van der Waals surface area contributed by atoms with E-state index < -0.39 is 28.6 Å². The lowest BCUT2D eigenvalue weighted by Gasteiger charge is -2.16. The van der Waals surface area contributed by atoms with E-state index in [-0.39, 0.29) is 29.2 Å². The van der Waals surface area contributed by atoms with Crippen molar-refractivity contribution < 1.29 is 22.3 Å². The van der Waals surface area contributed by atoms with E-state index in [0.717, 1.165) is 11.1 Å². The number of carbonyl (C=O) groups is 1. The van der Waals surface area contributed by atoms with Crippen molar-refractivity contribution in [1.82, 2.24) is 9.97 Å². The lowest BCUT2D eigenvalue weighted by atomic mass is 10.1. The van der Waals surface area contributed by atoms with Crippen molar-refractivity contribution in [3.8, 4) is 11.3 Å². The summed E-state index contributed by atoms with van der Waals surface area (Å²) in [5, 5.41) is 2.65. The van der Waals surface area contributed by atoms with Crippen molar-refractivity contribution in [2.75, 3.05) is 29.3 Å². The fraction of sp³-hybridized carbons (Fsp3) is 0.261. The van der Waals surface area contributed by atoms with E-state index >= 15 is 0 Å². The maximum Gasteiger partial charge on any atom is 0.278 e. The molecule has 0 unspecified atom stereocenters. The van der Waals surface area contributed by atoms with E-state index in [1.807, 2.05) is 31.2 Å². The average Bonchev–Trinajstić information content (AvgIpc) is 2.80. The fourth-order valence-electron chi connectivity index (χ4n) is 3.15. The Kier molecular flexibility index (Phi) is 7.86. The van der Waals surface area contributed by atoms with Crippen molar-refractivity contribution in [2.24, 2.45) is 0 Å². The van der Waals surface area contributed by atoms with Gasteiger partial charge in [-0.15, -0.1) is 0 Å². The molecule has 0 aliphatic heterocycles. The Morgan fingerprint density at radius 1 is 1.09 bits per heavy atom. The second-order valence-electron chi connectivity index (χ2n) is 7.63. The largest absolute Gasteiger partial charge is 0.382 e. The van der Waals surface area contributed by atoms with Crippen LogP contribution in [0.2, 0.25) is 0 Å². The van der Waals surface area contributed by atoms with Crippen molar-refractivity contribution in [3.63, 3.8) is 0 Å². The van der Waals surface area contributed by atoms with Gasteiger partial charge in [-0.25, -0.2) is 18.4 Å². The summed E-state index contributed by atoms with van der Waals surface area (Å²) < 4.78 is 43.3. The van der Waals surface area contributed by atoms with Crippen LogP contribution in [-0.2, 0) is 18.9 Å². The Balaban J connectivity index is 1.78. The van der Waals surface area contributed by atoms with Gasteiger partial charge in [-0.05, 0) is 38.1 Å². The predicted octanol–water partition coefficient (Wildman–Crippen LogP) is 4.35. The van der Waals surface area contributed by atoms with E-state index in [4.69, 9.17) is 10.3 Å². The second-order valence-corrected chi connectivity index (χ2v) is 12.9. The highest BCUT2D eigenvalue weighted by Crippen LogP contribution is 2.48. The van der Waals surface area contributed by atoms with Crippen LogP contribution in [0.15, 0.2) is 59.6 Å². The summed E-state index contributed by atoms with van der Waals surface area (Å²) in [4.78, 5) is 21.2. The summed E-state index contributed by atoms with van der Waals surface area (Å²) in [5.74, 6) is -0.611. The highest BCUT2D eigenvalue weighted by molar-refractivity contribution is 7.98. The SMILES string of the molecule is CCO[P@](=O)(CC)CS(=O)(=O)c1ccc(NC(=O)c2nc(-c3ccc(C)cc3)cnc2N)cc1. The minimum absolute atomic E-state index is 0.0143. The number of nitrogens with one attached hydrogen (secondary N) is 1. The number of nitrogens with two attached hydrogens (primary N) is 1. The van der Waals surface area contributed by atoms with Crippen molar-refractivity contribution in [2.45, 2.75) is 25.7 Å². The minimum Gasteiger partial charge on any atom is -0.382 e. The third-order valence-corrected chi connectivity index (χ3v) is 10.7. The van der Waals surface area contributed by atoms with Crippen LogP contribution < -0.4 is 11.1 Å². The number of benzene rings is 2. The highest BCUT2D eigenvalue weighted by Gasteiger charge is 2.29. The summed E-state index contributed by atoms with van der Waals surface area (Å²) in [5.41, 5.74) is 7.97. The summed E-state index contributed by atoms with van der Waals surface area (Å²) in [6, 6.07) is 13.2. The fourth-order valence-corrected chi connectivity index (χ4v) is 8.05. The van der Waals surface area contributed by atoms with E-state index in [1.54, 1.807) is 13.8 Å². The molecule has 0 saturated carbocycles. The van der Waals surface area contributed by atoms with Gasteiger partial charge in [0.15, 0.2) is 21.3 Å². The molecule has 0 fully saturated rings. The third kappa shape index (κ3) is 6.08. The molecule has 1 aromatic heterocycles. The van der Waals surface area contributed by atoms with Gasteiger partial charge in [0.25, 0.3) is 5.91 Å². The number of anilines is 2. The molecule has 3 rings (SSSR count). The molecule has 1 amide bonds. The number of aryl methyl sites for hydroxylation is 1. The highest BCUT2D eigenvalue weighted by atomic mass is 32.2. The molecule has 1 atom stereocenters. The first-order valence-corrected chi connectivity index (χ1v) is 14.3. The van der Waals surface area contributed by atoms with Gasteiger partial charge < -0.3 is 15.6 Å². The predicted molar refractivity (Wildman–Crippen MR) is 133 cm³/mol. The molecule has 0 saturated heterocycles. The number of hydrogen-bond acceptors (Lipinski definition) is 8. The lowest BCUT2D eigenvalue weighted by molar-refractivity contribution is 0.102. The summed E-state index contributed by atoms with van der Waals surface area (Å²) in [7, 11) is -7.13. The number of amides is 1. The van der Waals surface area contributed by atoms with Crippen molar-refractivity contribution in [1.29, 1.82) is 0 Å². The Morgan fingerprint density at radius 3 is 2.32 bits per heavy atom. The van der Waals surface area contributed by atoms with Crippen LogP contribution in [0, 0.1) is 6.92 Å². The Morgan fingerprint density at radius 2 is 1.74 bits per heavy atom. The summed E-state index contributed by atoms with van der Waals surface area (Å²) in [6.07, 6.45) is 1.62. The third-order valence-electron chi connectivity index (χ3n) is 5.05. The first-order valence-electron chi connectivity index (χ1n) is 10.6. The molecule has 0 bridgehead atoms. The molecule has 3 aromatic rings. The number of carbonyl (C=O) groups excluding carboxylic acids is 1. The van der Waals surface area contributed by atoms with E-state index in [1.165, 1.54) is 30.5 Å². The lowest BCUT2D eigenvalue weighted by Crippen LogP contribution is -2.17. The molecule has 3 N–H and O–H groups in total. The molecule has 11 heteroatoms. The van der Waals surface area contributed by atoms with Gasteiger partial charge in [-0.1, -0.05) is 36.8 Å². The number of nitrogens with zero attached hydrogens (tertiary/aromatic N) is 2. The van der Waals surface area contributed by atoms with Gasteiger partial charge in [0.1, 0.15) is 5.49 Å². The van der Waals surface area contributed by atoms with Gasteiger partial charge >= 0.3 is 0 Å². The van der Waals surface area contributed by atoms with Gasteiger partial charge in [0, 0.05) is 17.4 Å². The quantitative estimate of drug-likeness (QED) is 0.411. The smallest absolute Gasteiger partial charge is 0.278 e.